The van der Waals surface area contributed by atoms with Crippen molar-refractivity contribution in [3.8, 4) is 27.9 Å². The number of furan rings is 1. The Labute approximate surface area is 276 Å². The molecule has 0 radical (unpaired) electrons. The van der Waals surface area contributed by atoms with Gasteiger partial charge in [-0.05, 0) is 75.1 Å². The van der Waals surface area contributed by atoms with Gasteiger partial charge in [0.25, 0.3) is 0 Å². The molecule has 2 heterocycles. The van der Waals surface area contributed by atoms with E-state index in [1.165, 1.54) is 0 Å². The van der Waals surface area contributed by atoms with Crippen LogP contribution in [-0.4, -0.2) is 4.57 Å². The summed E-state index contributed by atoms with van der Waals surface area (Å²) in [6.45, 7) is 0. The number of hydrogen-bond donors (Lipinski definition) is 0. The van der Waals surface area contributed by atoms with E-state index in [2.05, 4.69) is 16.7 Å². The SMILES string of the molecule is [2H]c1c([2H])c([2H])c2c(oc3c(-c4ccc5c(c4)c4ccccc4n5-c4ccccc4)c4c([2H])c([2H])c([2H])c([2H])c4c(-c4ccc5ccccc5c4)c32)c1[2H]. The normalized spacial score (nSPS) is 14.3. The molecule has 10 aromatic rings. The standard InChI is InChI=1S/C44H27NO/c1-2-14-32(15-3-1)45-38-20-10-8-16-33(38)37-27-31(24-25-39(37)45)42-35-18-7-6-17-34(35)41(30-23-22-28-12-4-5-13-29(28)26-30)43-36-19-9-11-21-40(36)46-44(42)43/h1-27H/i6D,7D,9D,11D,17D,18D,19D,21D. The summed E-state index contributed by atoms with van der Waals surface area (Å²) in [4.78, 5) is 0. The van der Waals surface area contributed by atoms with Crippen LogP contribution >= 0.6 is 0 Å². The molecule has 0 spiro atoms. The zero-order valence-electron chi connectivity index (χ0n) is 32.3. The van der Waals surface area contributed by atoms with E-state index in [4.69, 9.17) is 12.6 Å². The van der Waals surface area contributed by atoms with E-state index < -0.39 is 24.2 Å². The molecule has 46 heavy (non-hydrogen) atoms. The van der Waals surface area contributed by atoms with E-state index in [0.29, 0.717) is 27.6 Å². The highest BCUT2D eigenvalue weighted by atomic mass is 16.3. The molecule has 0 aliphatic heterocycles. The number of rotatable bonds is 3. The molecule has 0 saturated heterocycles. The molecule has 10 rings (SSSR count). The van der Waals surface area contributed by atoms with Gasteiger partial charge in [0.1, 0.15) is 11.2 Å². The lowest BCUT2D eigenvalue weighted by atomic mass is 9.87. The van der Waals surface area contributed by atoms with E-state index in [1.54, 1.807) is 0 Å². The molecule has 0 N–H and O–H groups in total. The molecular weight excluding hydrogens is 558 g/mol. The van der Waals surface area contributed by atoms with Gasteiger partial charge < -0.3 is 8.98 Å². The van der Waals surface area contributed by atoms with Crippen molar-refractivity contribution in [3.63, 3.8) is 0 Å². The van der Waals surface area contributed by atoms with Crippen LogP contribution < -0.4 is 0 Å². The minimum Gasteiger partial charge on any atom is -0.455 e. The van der Waals surface area contributed by atoms with Crippen LogP contribution in [0.1, 0.15) is 11.0 Å². The van der Waals surface area contributed by atoms with Crippen LogP contribution in [0.15, 0.2) is 168 Å². The molecule has 2 heteroatoms. The summed E-state index contributed by atoms with van der Waals surface area (Å²) < 4.78 is 80.5. The van der Waals surface area contributed by atoms with Gasteiger partial charge in [0.15, 0.2) is 0 Å². The van der Waals surface area contributed by atoms with Gasteiger partial charge in [0.05, 0.1) is 22.0 Å². The van der Waals surface area contributed by atoms with Gasteiger partial charge in [-0.15, -0.1) is 0 Å². The van der Waals surface area contributed by atoms with Crippen molar-refractivity contribution in [2.75, 3.05) is 0 Å². The summed E-state index contributed by atoms with van der Waals surface area (Å²) in [5, 5.41) is 4.74. The van der Waals surface area contributed by atoms with Crippen molar-refractivity contribution in [3.05, 3.63) is 164 Å². The Bertz CT molecular complexity index is 3260. The maximum absolute atomic E-state index is 9.41. The molecule has 0 aliphatic rings. The second-order valence-electron chi connectivity index (χ2n) is 11.5. The maximum Gasteiger partial charge on any atom is 0.144 e. The van der Waals surface area contributed by atoms with Crippen molar-refractivity contribution >= 4 is 65.3 Å². The molecular formula is C44H27NO. The fraction of sp³-hybridized carbons (Fsp3) is 0. The van der Waals surface area contributed by atoms with Crippen LogP contribution in [-0.2, 0) is 0 Å². The highest BCUT2D eigenvalue weighted by Crippen LogP contribution is 2.48. The Morgan fingerprint density at radius 1 is 0.478 bits per heavy atom. The van der Waals surface area contributed by atoms with Crippen LogP contribution in [0, 0.1) is 0 Å². The zero-order chi connectivity index (χ0) is 37.2. The minimum atomic E-state index is -0.440. The Kier molecular flexibility index (Phi) is 3.92. The van der Waals surface area contributed by atoms with Crippen LogP contribution in [0.5, 0.6) is 0 Å². The van der Waals surface area contributed by atoms with Gasteiger partial charge in [0.2, 0.25) is 0 Å². The molecule has 0 bridgehead atoms. The topological polar surface area (TPSA) is 18.1 Å². The lowest BCUT2D eigenvalue weighted by Crippen LogP contribution is -1.93. The summed E-state index contributed by atoms with van der Waals surface area (Å²) in [6.07, 6.45) is 0. The van der Waals surface area contributed by atoms with Gasteiger partial charge >= 0.3 is 0 Å². The smallest absolute Gasteiger partial charge is 0.144 e. The van der Waals surface area contributed by atoms with Crippen LogP contribution in [0.4, 0.5) is 0 Å². The summed E-state index contributed by atoms with van der Waals surface area (Å²) >= 11 is 0. The van der Waals surface area contributed by atoms with Gasteiger partial charge in [0, 0.05) is 38.4 Å². The molecule has 0 saturated carbocycles. The highest BCUT2D eigenvalue weighted by Gasteiger charge is 2.23. The molecule has 2 nitrogen and oxygen atoms in total. The maximum atomic E-state index is 9.41. The average molecular weight is 594 g/mol. The van der Waals surface area contributed by atoms with E-state index in [1.807, 2.05) is 103 Å². The van der Waals surface area contributed by atoms with Crippen molar-refractivity contribution in [2.24, 2.45) is 0 Å². The minimum absolute atomic E-state index is 0.0494. The summed E-state index contributed by atoms with van der Waals surface area (Å²) in [5.41, 5.74) is 5.09. The van der Waals surface area contributed by atoms with Gasteiger partial charge in [-0.1, -0.05) is 121 Å². The average Bonchev–Trinajstić information content (AvgIpc) is 3.76. The first kappa shape index (κ1) is 18.6. The molecule has 0 aliphatic carbocycles. The molecule has 2 aromatic heterocycles. The molecule has 0 unspecified atom stereocenters. The fourth-order valence-electron chi connectivity index (χ4n) is 7.05. The largest absolute Gasteiger partial charge is 0.455 e. The van der Waals surface area contributed by atoms with Crippen LogP contribution in [0.3, 0.4) is 0 Å². The Hall–Kier alpha value is -6.12. The first-order chi connectivity index (χ1) is 26.2. The third-order valence-electron chi connectivity index (χ3n) is 9.01. The lowest BCUT2D eigenvalue weighted by molar-refractivity contribution is 0.670. The van der Waals surface area contributed by atoms with Gasteiger partial charge in [-0.2, -0.15) is 0 Å². The Morgan fingerprint density at radius 2 is 1.13 bits per heavy atom. The lowest BCUT2D eigenvalue weighted by Gasteiger charge is -2.15. The van der Waals surface area contributed by atoms with Gasteiger partial charge in [-0.3, -0.25) is 0 Å². The number of nitrogens with zero attached hydrogens (tertiary/aromatic N) is 1. The molecule has 0 atom stereocenters. The molecule has 8 aromatic carbocycles. The summed E-state index contributed by atoms with van der Waals surface area (Å²) in [6, 6.07) is 34.8. The van der Waals surface area contributed by atoms with Crippen LogP contribution in [0.2, 0.25) is 0 Å². The van der Waals surface area contributed by atoms with E-state index >= 15 is 0 Å². The third kappa shape index (κ3) is 3.59. The first-order valence-corrected chi connectivity index (χ1v) is 15.1. The predicted octanol–water partition coefficient (Wildman–Crippen LogP) is 12.3. The number of aromatic nitrogens is 1. The third-order valence-corrected chi connectivity index (χ3v) is 9.01. The molecule has 0 fully saturated rings. The molecule has 0 amide bonds. The monoisotopic (exact) mass is 593 g/mol. The van der Waals surface area contributed by atoms with E-state index in [9.17, 15) is 2.74 Å². The predicted molar refractivity (Wildman–Crippen MR) is 194 cm³/mol. The highest BCUT2D eigenvalue weighted by molar-refractivity contribution is 6.27. The van der Waals surface area contributed by atoms with Gasteiger partial charge in [-0.25, -0.2) is 0 Å². The Morgan fingerprint density at radius 3 is 2.00 bits per heavy atom. The van der Waals surface area contributed by atoms with Crippen molar-refractivity contribution in [1.29, 1.82) is 0 Å². The number of fused-ring (bicyclic) bond motifs is 8. The van der Waals surface area contributed by atoms with Crippen molar-refractivity contribution in [2.45, 2.75) is 0 Å². The summed E-state index contributed by atoms with van der Waals surface area (Å²) in [7, 11) is 0. The number of para-hydroxylation sites is 3. The fourth-order valence-corrected chi connectivity index (χ4v) is 7.05. The number of benzene rings is 8. The zero-order valence-corrected chi connectivity index (χ0v) is 24.3. The quantitative estimate of drug-likeness (QED) is 0.199. The summed E-state index contributed by atoms with van der Waals surface area (Å²) in [5.74, 6) is 0. The van der Waals surface area contributed by atoms with Crippen molar-refractivity contribution < 1.29 is 15.4 Å². The van der Waals surface area contributed by atoms with Crippen molar-refractivity contribution in [1.82, 2.24) is 4.57 Å². The first-order valence-electron chi connectivity index (χ1n) is 19.1. The second-order valence-corrected chi connectivity index (χ2v) is 11.5. The number of hydrogen-bond acceptors (Lipinski definition) is 1. The van der Waals surface area contributed by atoms with E-state index in [0.717, 1.165) is 38.3 Å². The van der Waals surface area contributed by atoms with E-state index in [-0.39, 0.29) is 51.5 Å². The second kappa shape index (κ2) is 9.69. The van der Waals surface area contributed by atoms with Crippen LogP contribution in [0.25, 0.3) is 93.2 Å². The Balaban J connectivity index is 1.44. The molecule has 214 valence electrons.